The van der Waals surface area contributed by atoms with Crippen LogP contribution < -0.4 is 10.6 Å². The van der Waals surface area contributed by atoms with E-state index in [0.717, 1.165) is 30.9 Å². The first-order chi connectivity index (χ1) is 7.26. The van der Waals surface area contributed by atoms with Crippen molar-refractivity contribution in [3.63, 3.8) is 0 Å². The summed E-state index contributed by atoms with van der Waals surface area (Å²) >= 11 is 6.85. The minimum atomic E-state index is 0.713. The first kappa shape index (κ1) is 12.4. The van der Waals surface area contributed by atoms with Gasteiger partial charge in [-0.2, -0.15) is 0 Å². The van der Waals surface area contributed by atoms with E-state index < -0.39 is 0 Å². The molecule has 0 fully saturated rings. The average molecular weight is 243 g/mol. The number of rotatable bonds is 5. The van der Waals surface area contributed by atoms with Gasteiger partial charge in [0.25, 0.3) is 0 Å². The molecule has 15 heavy (non-hydrogen) atoms. The monoisotopic (exact) mass is 243 g/mol. The van der Waals surface area contributed by atoms with Crippen molar-refractivity contribution in [2.75, 3.05) is 6.54 Å². The van der Waals surface area contributed by atoms with Gasteiger partial charge < -0.3 is 10.6 Å². The van der Waals surface area contributed by atoms with Crippen LogP contribution in [0.15, 0.2) is 6.20 Å². The highest BCUT2D eigenvalue weighted by Gasteiger charge is 2.00. The minimum absolute atomic E-state index is 0.713. The quantitative estimate of drug-likeness (QED) is 0.776. The summed E-state index contributed by atoms with van der Waals surface area (Å²) in [7, 11) is 0. The van der Waals surface area contributed by atoms with E-state index in [1.165, 1.54) is 4.88 Å². The second-order valence-corrected chi connectivity index (χ2v) is 4.79. The van der Waals surface area contributed by atoms with Crippen molar-refractivity contribution in [2.24, 2.45) is 0 Å². The summed E-state index contributed by atoms with van der Waals surface area (Å²) in [4.78, 5) is 5.63. The van der Waals surface area contributed by atoms with Crippen LogP contribution in [0.3, 0.4) is 0 Å². The van der Waals surface area contributed by atoms with Crippen molar-refractivity contribution in [3.8, 4) is 0 Å². The smallest absolute Gasteiger partial charge is 0.166 e. The van der Waals surface area contributed by atoms with Gasteiger partial charge in [-0.3, -0.25) is 0 Å². The lowest BCUT2D eigenvalue weighted by Gasteiger charge is -2.07. The SMILES string of the molecule is CCCNC(=S)NCc1ncc(CC)s1. The largest absolute Gasteiger partial charge is 0.363 e. The first-order valence-electron chi connectivity index (χ1n) is 5.21. The number of hydrogen-bond donors (Lipinski definition) is 2. The summed E-state index contributed by atoms with van der Waals surface area (Å²) in [6, 6.07) is 0. The van der Waals surface area contributed by atoms with Crippen LogP contribution in [-0.2, 0) is 13.0 Å². The van der Waals surface area contributed by atoms with Crippen molar-refractivity contribution in [3.05, 3.63) is 16.1 Å². The highest BCUT2D eigenvalue weighted by Crippen LogP contribution is 2.12. The molecule has 0 saturated carbocycles. The highest BCUT2D eigenvalue weighted by molar-refractivity contribution is 7.80. The Hall–Kier alpha value is -0.680. The summed E-state index contributed by atoms with van der Waals surface area (Å²) in [5.41, 5.74) is 0. The molecule has 0 bridgehead atoms. The van der Waals surface area contributed by atoms with Crippen LogP contribution in [0.2, 0.25) is 0 Å². The fraction of sp³-hybridized carbons (Fsp3) is 0.600. The molecule has 1 aromatic heterocycles. The van der Waals surface area contributed by atoms with Gasteiger partial charge >= 0.3 is 0 Å². The van der Waals surface area contributed by atoms with Crippen molar-refractivity contribution >= 4 is 28.7 Å². The van der Waals surface area contributed by atoms with Gasteiger partial charge in [-0.15, -0.1) is 11.3 Å². The molecule has 0 spiro atoms. The fourth-order valence-electron chi connectivity index (χ4n) is 1.05. The van der Waals surface area contributed by atoms with Crippen LogP contribution in [-0.4, -0.2) is 16.6 Å². The van der Waals surface area contributed by atoms with Crippen LogP contribution in [0.4, 0.5) is 0 Å². The molecule has 0 atom stereocenters. The second kappa shape index (κ2) is 6.74. The Bertz CT molecular complexity index is 309. The van der Waals surface area contributed by atoms with E-state index in [2.05, 4.69) is 29.5 Å². The summed E-state index contributed by atoms with van der Waals surface area (Å²) in [5.74, 6) is 0. The van der Waals surface area contributed by atoms with Crippen LogP contribution >= 0.6 is 23.6 Å². The molecule has 84 valence electrons. The zero-order valence-corrected chi connectivity index (χ0v) is 10.8. The summed E-state index contributed by atoms with van der Waals surface area (Å²) in [5, 5.41) is 8.06. The molecule has 0 radical (unpaired) electrons. The van der Waals surface area contributed by atoms with Crippen molar-refractivity contribution in [1.29, 1.82) is 0 Å². The Labute approximate surface area is 100 Å². The number of thiazole rings is 1. The zero-order chi connectivity index (χ0) is 11.1. The van der Waals surface area contributed by atoms with E-state index in [-0.39, 0.29) is 0 Å². The van der Waals surface area contributed by atoms with Crippen molar-refractivity contribution in [2.45, 2.75) is 33.2 Å². The molecule has 0 unspecified atom stereocenters. The van der Waals surface area contributed by atoms with E-state index in [1.807, 2.05) is 6.20 Å². The molecular weight excluding hydrogens is 226 g/mol. The molecule has 3 nitrogen and oxygen atoms in total. The van der Waals surface area contributed by atoms with Crippen molar-refractivity contribution < 1.29 is 0 Å². The summed E-state index contributed by atoms with van der Waals surface area (Å²) in [6.45, 7) is 5.90. The second-order valence-electron chi connectivity index (χ2n) is 3.18. The van der Waals surface area contributed by atoms with Gasteiger partial charge in [-0.1, -0.05) is 13.8 Å². The third-order valence-electron chi connectivity index (χ3n) is 1.89. The van der Waals surface area contributed by atoms with Crippen molar-refractivity contribution in [1.82, 2.24) is 15.6 Å². The molecule has 5 heteroatoms. The molecule has 0 aliphatic carbocycles. The lowest BCUT2D eigenvalue weighted by molar-refractivity contribution is 0.797. The van der Waals surface area contributed by atoms with Crippen LogP contribution in [0, 0.1) is 0 Å². The Morgan fingerprint density at radius 3 is 2.87 bits per heavy atom. The standard InChI is InChI=1S/C10H17N3S2/c1-3-5-11-10(14)13-7-9-12-6-8(4-2)15-9/h6H,3-5,7H2,1-2H3,(H2,11,13,14). The molecule has 1 aromatic rings. The predicted octanol–water partition coefficient (Wildman–Crippen LogP) is 2.08. The molecule has 0 aliphatic rings. The number of aromatic nitrogens is 1. The van der Waals surface area contributed by atoms with Gasteiger partial charge in [0.1, 0.15) is 5.01 Å². The fourth-order valence-corrected chi connectivity index (χ4v) is 2.03. The molecule has 0 aromatic carbocycles. The predicted molar refractivity (Wildman–Crippen MR) is 69.2 cm³/mol. The van der Waals surface area contributed by atoms with E-state index >= 15 is 0 Å². The van der Waals surface area contributed by atoms with Gasteiger partial charge in [-0.25, -0.2) is 4.98 Å². The Morgan fingerprint density at radius 2 is 2.27 bits per heavy atom. The first-order valence-corrected chi connectivity index (χ1v) is 6.44. The Kier molecular flexibility index (Phi) is 5.57. The number of hydrogen-bond acceptors (Lipinski definition) is 3. The minimum Gasteiger partial charge on any atom is -0.363 e. The maximum Gasteiger partial charge on any atom is 0.166 e. The normalized spacial score (nSPS) is 10.0. The molecule has 0 saturated heterocycles. The maximum absolute atomic E-state index is 5.11. The third-order valence-corrected chi connectivity index (χ3v) is 3.32. The van der Waals surface area contributed by atoms with E-state index in [9.17, 15) is 0 Å². The zero-order valence-electron chi connectivity index (χ0n) is 9.17. The van der Waals surface area contributed by atoms with Crippen LogP contribution in [0.5, 0.6) is 0 Å². The van der Waals surface area contributed by atoms with E-state index in [1.54, 1.807) is 11.3 Å². The average Bonchev–Trinajstić information content (AvgIpc) is 2.71. The summed E-state index contributed by atoms with van der Waals surface area (Å²) in [6.07, 6.45) is 4.07. The molecule has 0 aliphatic heterocycles. The van der Waals surface area contributed by atoms with Crippen LogP contribution in [0.1, 0.15) is 30.2 Å². The third kappa shape index (κ3) is 4.57. The van der Waals surface area contributed by atoms with Crippen LogP contribution in [0.25, 0.3) is 0 Å². The number of nitrogens with zero attached hydrogens (tertiary/aromatic N) is 1. The number of nitrogens with one attached hydrogen (secondary N) is 2. The van der Waals surface area contributed by atoms with Gasteiger partial charge in [0, 0.05) is 17.6 Å². The Balaban J connectivity index is 2.27. The number of thiocarbonyl (C=S) groups is 1. The molecule has 0 amide bonds. The van der Waals surface area contributed by atoms with E-state index in [0.29, 0.717) is 5.11 Å². The maximum atomic E-state index is 5.11. The van der Waals surface area contributed by atoms with Gasteiger partial charge in [-0.05, 0) is 25.1 Å². The van der Waals surface area contributed by atoms with Gasteiger partial charge in [0.2, 0.25) is 0 Å². The molecular formula is C10H17N3S2. The number of aryl methyl sites for hydroxylation is 1. The Morgan fingerprint density at radius 1 is 1.47 bits per heavy atom. The highest BCUT2D eigenvalue weighted by atomic mass is 32.1. The van der Waals surface area contributed by atoms with E-state index in [4.69, 9.17) is 12.2 Å². The molecule has 2 N–H and O–H groups in total. The lowest BCUT2D eigenvalue weighted by Crippen LogP contribution is -2.35. The van der Waals surface area contributed by atoms with Gasteiger partial charge in [0.05, 0.1) is 6.54 Å². The topological polar surface area (TPSA) is 37.0 Å². The molecule has 1 heterocycles. The lowest BCUT2D eigenvalue weighted by atomic mass is 10.4. The summed E-state index contributed by atoms with van der Waals surface area (Å²) < 4.78 is 0. The molecule has 1 rings (SSSR count). The van der Waals surface area contributed by atoms with Gasteiger partial charge in [0.15, 0.2) is 5.11 Å².